The molecular weight excluding hydrogens is 288 g/mol. The standard InChI is InChI=1S/C18H24N4O/c1-20-10-16(9-19-20)11-21-13-17-18(14-21)23-8-7-22(17)12-15-5-3-2-4-6-15/h2-6,9-10,17-18H,7-8,11-14H2,1H3. The molecule has 0 saturated carbocycles. The van der Waals surface area contributed by atoms with Gasteiger partial charge in [-0.3, -0.25) is 14.5 Å². The van der Waals surface area contributed by atoms with Crippen LogP contribution in [0.5, 0.6) is 0 Å². The average Bonchev–Trinajstić information content (AvgIpc) is 3.15. The third-order valence-electron chi connectivity index (χ3n) is 4.89. The first-order valence-corrected chi connectivity index (χ1v) is 8.37. The minimum Gasteiger partial charge on any atom is -0.374 e. The van der Waals surface area contributed by atoms with Crippen LogP contribution in [0, 0.1) is 0 Å². The van der Waals surface area contributed by atoms with Gasteiger partial charge in [0, 0.05) is 51.5 Å². The summed E-state index contributed by atoms with van der Waals surface area (Å²) < 4.78 is 7.91. The summed E-state index contributed by atoms with van der Waals surface area (Å²) in [6.07, 6.45) is 4.40. The minimum atomic E-state index is 0.337. The molecule has 3 heterocycles. The Labute approximate surface area is 137 Å². The van der Waals surface area contributed by atoms with Crippen molar-refractivity contribution in [3.8, 4) is 0 Å². The molecule has 2 unspecified atom stereocenters. The topological polar surface area (TPSA) is 33.5 Å². The Morgan fingerprint density at radius 3 is 2.78 bits per heavy atom. The molecule has 1 aromatic heterocycles. The molecule has 5 nitrogen and oxygen atoms in total. The monoisotopic (exact) mass is 312 g/mol. The summed E-state index contributed by atoms with van der Waals surface area (Å²) in [5.41, 5.74) is 2.67. The predicted octanol–water partition coefficient (Wildman–Crippen LogP) is 1.51. The number of rotatable bonds is 4. The van der Waals surface area contributed by atoms with E-state index >= 15 is 0 Å². The van der Waals surface area contributed by atoms with Crippen molar-refractivity contribution in [1.82, 2.24) is 19.6 Å². The molecule has 2 atom stereocenters. The van der Waals surface area contributed by atoms with Crippen LogP contribution in [-0.4, -0.2) is 58.0 Å². The number of morpholine rings is 1. The van der Waals surface area contributed by atoms with Gasteiger partial charge in [-0.1, -0.05) is 30.3 Å². The summed E-state index contributed by atoms with van der Waals surface area (Å²) in [4.78, 5) is 5.09. The lowest BCUT2D eigenvalue weighted by Crippen LogP contribution is -2.50. The highest BCUT2D eigenvalue weighted by Crippen LogP contribution is 2.25. The van der Waals surface area contributed by atoms with Gasteiger partial charge in [0.15, 0.2) is 0 Å². The van der Waals surface area contributed by atoms with Crippen LogP contribution in [0.2, 0.25) is 0 Å². The third-order valence-corrected chi connectivity index (χ3v) is 4.89. The molecule has 2 aromatic rings. The highest BCUT2D eigenvalue weighted by atomic mass is 16.5. The molecule has 0 bridgehead atoms. The summed E-state index contributed by atoms with van der Waals surface area (Å²) in [5, 5.41) is 4.27. The van der Waals surface area contributed by atoms with Crippen LogP contribution in [0.1, 0.15) is 11.1 Å². The number of likely N-dealkylation sites (tertiary alicyclic amines) is 1. The molecule has 1 aromatic carbocycles. The van der Waals surface area contributed by atoms with Crippen LogP contribution in [-0.2, 0) is 24.9 Å². The number of nitrogens with zero attached hydrogens (tertiary/aromatic N) is 4. The molecule has 2 aliphatic heterocycles. The van der Waals surface area contributed by atoms with Crippen LogP contribution in [0.3, 0.4) is 0 Å². The lowest BCUT2D eigenvalue weighted by molar-refractivity contribution is -0.0504. The minimum absolute atomic E-state index is 0.337. The molecule has 0 N–H and O–H groups in total. The van der Waals surface area contributed by atoms with Crippen LogP contribution < -0.4 is 0 Å². The Bertz CT molecular complexity index is 641. The van der Waals surface area contributed by atoms with Gasteiger partial charge in [-0.05, 0) is 5.56 Å². The van der Waals surface area contributed by atoms with E-state index in [0.29, 0.717) is 12.1 Å². The van der Waals surface area contributed by atoms with Crippen molar-refractivity contribution in [2.24, 2.45) is 7.05 Å². The van der Waals surface area contributed by atoms with Gasteiger partial charge in [0.05, 0.1) is 24.9 Å². The quantitative estimate of drug-likeness (QED) is 0.857. The molecule has 122 valence electrons. The Hall–Kier alpha value is -1.69. The summed E-state index contributed by atoms with van der Waals surface area (Å²) in [6.45, 7) is 5.94. The smallest absolute Gasteiger partial charge is 0.0870 e. The second kappa shape index (κ2) is 6.43. The zero-order chi connectivity index (χ0) is 15.6. The van der Waals surface area contributed by atoms with Crippen LogP contribution in [0.4, 0.5) is 0 Å². The highest BCUT2D eigenvalue weighted by molar-refractivity contribution is 5.15. The second-order valence-electron chi connectivity index (χ2n) is 6.65. The van der Waals surface area contributed by atoms with Gasteiger partial charge in [0.2, 0.25) is 0 Å². The first-order valence-electron chi connectivity index (χ1n) is 8.37. The molecule has 4 rings (SSSR count). The SMILES string of the molecule is Cn1cc(CN2CC3OCCN(Cc4ccccc4)C3C2)cn1. The first-order chi connectivity index (χ1) is 11.3. The molecule has 2 aliphatic rings. The molecule has 2 saturated heterocycles. The Kier molecular flexibility index (Phi) is 4.16. The number of fused-ring (bicyclic) bond motifs is 1. The predicted molar refractivity (Wildman–Crippen MR) is 88.9 cm³/mol. The van der Waals surface area contributed by atoms with Crippen LogP contribution >= 0.6 is 0 Å². The van der Waals surface area contributed by atoms with Gasteiger partial charge in [-0.15, -0.1) is 0 Å². The maximum Gasteiger partial charge on any atom is 0.0870 e. The molecule has 5 heteroatoms. The van der Waals surface area contributed by atoms with E-state index in [2.05, 4.69) is 51.4 Å². The lowest BCUT2D eigenvalue weighted by Gasteiger charge is -2.37. The maximum atomic E-state index is 6.04. The van der Waals surface area contributed by atoms with Crippen molar-refractivity contribution in [3.05, 3.63) is 53.9 Å². The molecule has 23 heavy (non-hydrogen) atoms. The van der Waals surface area contributed by atoms with E-state index in [-0.39, 0.29) is 0 Å². The van der Waals surface area contributed by atoms with Crippen molar-refractivity contribution in [3.63, 3.8) is 0 Å². The normalized spacial score (nSPS) is 25.6. The fourth-order valence-corrected chi connectivity index (χ4v) is 3.79. The first kappa shape index (κ1) is 14.9. The second-order valence-corrected chi connectivity index (χ2v) is 6.65. The number of benzene rings is 1. The van der Waals surface area contributed by atoms with Gasteiger partial charge in [-0.25, -0.2) is 0 Å². The van der Waals surface area contributed by atoms with Gasteiger partial charge >= 0.3 is 0 Å². The number of ether oxygens (including phenoxy) is 1. The molecule has 0 spiro atoms. The van der Waals surface area contributed by atoms with Gasteiger partial charge in [-0.2, -0.15) is 5.10 Å². The summed E-state index contributed by atoms with van der Waals surface area (Å²) in [5.74, 6) is 0. The van der Waals surface area contributed by atoms with Crippen molar-refractivity contribution in [2.75, 3.05) is 26.2 Å². The van der Waals surface area contributed by atoms with E-state index in [1.807, 2.05) is 17.9 Å². The largest absolute Gasteiger partial charge is 0.374 e. The fourth-order valence-electron chi connectivity index (χ4n) is 3.79. The van der Waals surface area contributed by atoms with E-state index < -0.39 is 0 Å². The highest BCUT2D eigenvalue weighted by Gasteiger charge is 2.39. The van der Waals surface area contributed by atoms with E-state index in [0.717, 1.165) is 39.3 Å². The fraction of sp³-hybridized carbons (Fsp3) is 0.500. The zero-order valence-electron chi connectivity index (χ0n) is 13.6. The summed E-state index contributed by atoms with van der Waals surface area (Å²) in [7, 11) is 1.97. The van der Waals surface area contributed by atoms with Crippen LogP contribution in [0.15, 0.2) is 42.7 Å². The average molecular weight is 312 g/mol. The summed E-state index contributed by atoms with van der Waals surface area (Å²) in [6, 6.07) is 11.3. The van der Waals surface area contributed by atoms with Crippen molar-refractivity contribution >= 4 is 0 Å². The van der Waals surface area contributed by atoms with Crippen molar-refractivity contribution < 1.29 is 4.74 Å². The van der Waals surface area contributed by atoms with Crippen molar-refractivity contribution in [2.45, 2.75) is 25.2 Å². The van der Waals surface area contributed by atoms with Crippen molar-refractivity contribution in [1.29, 1.82) is 0 Å². The number of hydrogen-bond acceptors (Lipinski definition) is 4. The van der Waals surface area contributed by atoms with Gasteiger partial charge < -0.3 is 4.74 Å². The Morgan fingerprint density at radius 1 is 1.13 bits per heavy atom. The van der Waals surface area contributed by atoms with E-state index in [1.54, 1.807) is 0 Å². The van der Waals surface area contributed by atoms with Crippen LogP contribution in [0.25, 0.3) is 0 Å². The Morgan fingerprint density at radius 2 is 2.00 bits per heavy atom. The zero-order valence-corrected chi connectivity index (χ0v) is 13.6. The van der Waals surface area contributed by atoms with Gasteiger partial charge in [0.25, 0.3) is 0 Å². The molecule has 2 fully saturated rings. The van der Waals surface area contributed by atoms with E-state index in [9.17, 15) is 0 Å². The molecule has 0 amide bonds. The number of aromatic nitrogens is 2. The molecule has 0 radical (unpaired) electrons. The lowest BCUT2D eigenvalue weighted by atomic mass is 10.1. The number of aryl methyl sites for hydroxylation is 1. The Balaban J connectivity index is 1.42. The summed E-state index contributed by atoms with van der Waals surface area (Å²) >= 11 is 0. The molecular formula is C18H24N4O. The number of hydrogen-bond donors (Lipinski definition) is 0. The maximum absolute atomic E-state index is 6.04. The van der Waals surface area contributed by atoms with E-state index in [4.69, 9.17) is 4.74 Å². The van der Waals surface area contributed by atoms with Gasteiger partial charge in [0.1, 0.15) is 0 Å². The molecule has 0 aliphatic carbocycles. The van der Waals surface area contributed by atoms with E-state index in [1.165, 1.54) is 11.1 Å². The third kappa shape index (κ3) is 3.32.